The summed E-state index contributed by atoms with van der Waals surface area (Å²) in [6.45, 7) is 13.0. The molecule has 242 valence electrons. The summed E-state index contributed by atoms with van der Waals surface area (Å²) in [5, 5.41) is 3.07. The van der Waals surface area contributed by atoms with Crippen LogP contribution in [0.15, 0.2) is 102 Å². The van der Waals surface area contributed by atoms with E-state index in [9.17, 15) is 18.0 Å². The van der Waals surface area contributed by atoms with Gasteiger partial charge in [-0.05, 0) is 95.0 Å². The van der Waals surface area contributed by atoms with Gasteiger partial charge in [0.15, 0.2) is 0 Å². The van der Waals surface area contributed by atoms with E-state index >= 15 is 0 Å². The first-order chi connectivity index (χ1) is 21.6. The van der Waals surface area contributed by atoms with E-state index in [1.807, 2.05) is 109 Å². The van der Waals surface area contributed by atoms with Crippen LogP contribution in [-0.4, -0.2) is 43.3 Å². The van der Waals surface area contributed by atoms with E-state index in [0.29, 0.717) is 5.69 Å². The number of anilines is 1. The van der Waals surface area contributed by atoms with Crippen LogP contribution < -0.4 is 9.62 Å². The van der Waals surface area contributed by atoms with Gasteiger partial charge in [-0.3, -0.25) is 13.9 Å². The second-order valence-electron chi connectivity index (χ2n) is 13.1. The number of hydrogen-bond donors (Lipinski definition) is 1. The first-order valence-electron chi connectivity index (χ1n) is 15.5. The van der Waals surface area contributed by atoms with Crippen molar-refractivity contribution in [3.8, 4) is 0 Å². The van der Waals surface area contributed by atoms with Crippen molar-refractivity contribution in [2.24, 2.45) is 0 Å². The highest BCUT2D eigenvalue weighted by atomic mass is 32.2. The summed E-state index contributed by atoms with van der Waals surface area (Å²) in [6.07, 6.45) is 0.259. The summed E-state index contributed by atoms with van der Waals surface area (Å²) in [5.41, 5.74) is 5.24. The average molecular weight is 640 g/mol. The van der Waals surface area contributed by atoms with Crippen molar-refractivity contribution in [3.63, 3.8) is 0 Å². The van der Waals surface area contributed by atoms with Crippen LogP contribution >= 0.6 is 0 Å². The Morgan fingerprint density at radius 2 is 1.33 bits per heavy atom. The molecule has 2 amide bonds. The Morgan fingerprint density at radius 1 is 0.717 bits per heavy atom. The van der Waals surface area contributed by atoms with Gasteiger partial charge in [-0.1, -0.05) is 83.9 Å². The Hall–Kier alpha value is -4.43. The van der Waals surface area contributed by atoms with Gasteiger partial charge in [0.2, 0.25) is 11.8 Å². The third kappa shape index (κ3) is 9.07. The summed E-state index contributed by atoms with van der Waals surface area (Å²) in [4.78, 5) is 30.3. The van der Waals surface area contributed by atoms with Gasteiger partial charge in [-0.25, -0.2) is 8.42 Å². The zero-order chi connectivity index (χ0) is 33.6. The van der Waals surface area contributed by atoms with Crippen LogP contribution in [0.4, 0.5) is 5.69 Å². The highest BCUT2D eigenvalue weighted by Crippen LogP contribution is 2.27. The van der Waals surface area contributed by atoms with E-state index < -0.39 is 34.1 Å². The first kappa shape index (κ1) is 34.4. The Bertz CT molecular complexity index is 1760. The molecule has 0 unspecified atom stereocenters. The second-order valence-corrected chi connectivity index (χ2v) is 15.0. The zero-order valence-electron chi connectivity index (χ0n) is 27.9. The lowest BCUT2D eigenvalue weighted by molar-refractivity contribution is -0.140. The predicted molar refractivity (Wildman–Crippen MR) is 185 cm³/mol. The van der Waals surface area contributed by atoms with Crippen LogP contribution in [0.3, 0.4) is 0 Å². The van der Waals surface area contributed by atoms with Crippen molar-refractivity contribution in [3.05, 3.63) is 130 Å². The number of hydrogen-bond acceptors (Lipinski definition) is 4. The summed E-state index contributed by atoms with van der Waals surface area (Å²) >= 11 is 0. The molecule has 1 N–H and O–H groups in total. The summed E-state index contributed by atoms with van der Waals surface area (Å²) in [6, 6.07) is 28.5. The fourth-order valence-corrected chi connectivity index (χ4v) is 6.87. The topological polar surface area (TPSA) is 86.8 Å². The molecule has 0 fully saturated rings. The van der Waals surface area contributed by atoms with Crippen molar-refractivity contribution in [1.82, 2.24) is 10.2 Å². The second kappa shape index (κ2) is 14.3. The maximum absolute atomic E-state index is 14.7. The van der Waals surface area contributed by atoms with Crippen LogP contribution in [0.5, 0.6) is 0 Å². The van der Waals surface area contributed by atoms with Crippen LogP contribution in [0.1, 0.15) is 54.2 Å². The zero-order valence-corrected chi connectivity index (χ0v) is 28.7. The lowest BCUT2D eigenvalue weighted by Crippen LogP contribution is -2.56. The number of sulfonamides is 1. The quantitative estimate of drug-likeness (QED) is 0.199. The normalized spacial score (nSPS) is 12.3. The highest BCUT2D eigenvalue weighted by molar-refractivity contribution is 7.92. The van der Waals surface area contributed by atoms with Gasteiger partial charge < -0.3 is 10.2 Å². The number of nitrogens with zero attached hydrogens (tertiary/aromatic N) is 2. The summed E-state index contributed by atoms with van der Waals surface area (Å²) in [5.74, 6) is -0.793. The average Bonchev–Trinajstić information content (AvgIpc) is 2.97. The molecule has 0 aliphatic heterocycles. The molecule has 0 spiro atoms. The first-order valence-corrected chi connectivity index (χ1v) is 16.9. The monoisotopic (exact) mass is 639 g/mol. The lowest BCUT2D eigenvalue weighted by Gasteiger charge is -2.35. The third-order valence-electron chi connectivity index (χ3n) is 7.59. The minimum atomic E-state index is -4.16. The fourth-order valence-electron chi connectivity index (χ4n) is 5.47. The van der Waals surface area contributed by atoms with Crippen LogP contribution in [-0.2, 0) is 32.6 Å². The minimum Gasteiger partial charge on any atom is -0.350 e. The standard InChI is InChI=1S/C38H45N3O4S/c1-27-16-18-34(19-17-27)46(44,45)41(33-22-29(3)20-30(4)23-33)26-36(42)40(25-32-15-11-12-28(2)21-32)35(37(43)39-38(5,6)7)24-31-13-9-8-10-14-31/h8-23,35H,24-26H2,1-7H3,(H,39,43)/t35-/m1/s1. The molecule has 0 saturated carbocycles. The Labute approximate surface area is 274 Å². The number of carbonyl (C=O) groups is 2. The number of benzene rings is 4. The van der Waals surface area contributed by atoms with Gasteiger partial charge in [0, 0.05) is 18.5 Å². The number of carbonyl (C=O) groups excluding carboxylic acids is 2. The van der Waals surface area contributed by atoms with Crippen molar-refractivity contribution < 1.29 is 18.0 Å². The molecular formula is C38H45N3O4S. The lowest BCUT2D eigenvalue weighted by atomic mass is 10.0. The molecule has 0 aromatic heterocycles. The van der Waals surface area contributed by atoms with Crippen LogP contribution in [0.2, 0.25) is 0 Å². The molecule has 0 saturated heterocycles. The summed E-state index contributed by atoms with van der Waals surface area (Å²) in [7, 11) is -4.16. The van der Waals surface area contributed by atoms with Gasteiger partial charge in [-0.2, -0.15) is 0 Å². The van der Waals surface area contributed by atoms with Gasteiger partial charge in [0.25, 0.3) is 10.0 Å². The van der Waals surface area contributed by atoms with Gasteiger partial charge >= 0.3 is 0 Å². The number of aryl methyl sites for hydroxylation is 4. The molecule has 0 radical (unpaired) electrons. The molecule has 4 rings (SSSR count). The van der Waals surface area contributed by atoms with Gasteiger partial charge in [-0.15, -0.1) is 0 Å². The predicted octanol–water partition coefficient (Wildman–Crippen LogP) is 6.67. The van der Waals surface area contributed by atoms with E-state index in [4.69, 9.17) is 0 Å². The summed E-state index contributed by atoms with van der Waals surface area (Å²) < 4.78 is 29.7. The fraction of sp³-hybridized carbons (Fsp3) is 0.316. The smallest absolute Gasteiger partial charge is 0.264 e. The molecule has 4 aromatic carbocycles. The van der Waals surface area contributed by atoms with Crippen molar-refractivity contribution >= 4 is 27.5 Å². The number of rotatable bonds is 11. The molecule has 0 aliphatic rings. The van der Waals surface area contributed by atoms with Crippen LogP contribution in [0, 0.1) is 27.7 Å². The van der Waals surface area contributed by atoms with Crippen molar-refractivity contribution in [2.45, 2.75) is 77.9 Å². The minimum absolute atomic E-state index is 0.0848. The Kier molecular flexibility index (Phi) is 10.7. The molecule has 7 nitrogen and oxygen atoms in total. The third-order valence-corrected chi connectivity index (χ3v) is 9.38. The molecule has 8 heteroatoms. The molecular weight excluding hydrogens is 595 g/mol. The van der Waals surface area contributed by atoms with Gasteiger partial charge in [0.05, 0.1) is 10.6 Å². The molecule has 4 aromatic rings. The number of nitrogens with one attached hydrogen (secondary N) is 1. The van der Waals surface area contributed by atoms with Crippen molar-refractivity contribution in [1.29, 1.82) is 0 Å². The maximum Gasteiger partial charge on any atom is 0.264 e. The largest absolute Gasteiger partial charge is 0.350 e. The van der Waals surface area contributed by atoms with E-state index in [1.54, 1.807) is 36.4 Å². The van der Waals surface area contributed by atoms with E-state index in [0.717, 1.165) is 33.4 Å². The van der Waals surface area contributed by atoms with Gasteiger partial charge in [0.1, 0.15) is 12.6 Å². The number of amides is 2. The molecule has 0 heterocycles. The maximum atomic E-state index is 14.7. The van der Waals surface area contributed by atoms with E-state index in [-0.39, 0.29) is 23.8 Å². The Morgan fingerprint density at radius 3 is 1.91 bits per heavy atom. The molecule has 46 heavy (non-hydrogen) atoms. The van der Waals surface area contributed by atoms with Crippen molar-refractivity contribution in [2.75, 3.05) is 10.8 Å². The van der Waals surface area contributed by atoms with E-state index in [1.165, 1.54) is 9.21 Å². The molecule has 0 aliphatic carbocycles. The SMILES string of the molecule is Cc1ccc(S(=O)(=O)N(CC(=O)N(Cc2cccc(C)c2)[C@H](Cc2ccccc2)C(=O)NC(C)(C)C)c2cc(C)cc(C)c2)cc1. The van der Waals surface area contributed by atoms with Crippen LogP contribution in [0.25, 0.3) is 0 Å². The molecule has 1 atom stereocenters. The molecule has 0 bridgehead atoms. The highest BCUT2D eigenvalue weighted by Gasteiger charge is 2.35. The van der Waals surface area contributed by atoms with E-state index in [2.05, 4.69) is 5.32 Å². The Balaban J connectivity index is 1.84.